The molecule has 0 spiro atoms. The Labute approximate surface area is 125 Å². The van der Waals surface area contributed by atoms with Gasteiger partial charge < -0.3 is 11.1 Å². The summed E-state index contributed by atoms with van der Waals surface area (Å²) >= 11 is 5.14. The highest BCUT2D eigenvalue weighted by Crippen LogP contribution is 2.28. The predicted molar refractivity (Wildman–Crippen MR) is 87.8 cm³/mol. The van der Waals surface area contributed by atoms with Crippen LogP contribution in [-0.2, 0) is 7.05 Å². The molecule has 2 rings (SSSR count). The van der Waals surface area contributed by atoms with Crippen molar-refractivity contribution in [1.82, 2.24) is 9.78 Å². The molecule has 1 aromatic heterocycles. The molecule has 4 nitrogen and oxygen atoms in total. The molecule has 1 heterocycles. The summed E-state index contributed by atoms with van der Waals surface area (Å²) < 4.78 is 1.78. The van der Waals surface area contributed by atoms with E-state index in [1.807, 2.05) is 14.0 Å². The van der Waals surface area contributed by atoms with Crippen LogP contribution in [0.25, 0.3) is 0 Å². The zero-order valence-electron chi connectivity index (χ0n) is 12.5. The highest BCUT2D eigenvalue weighted by molar-refractivity contribution is 7.80. The maximum atomic E-state index is 5.82. The van der Waals surface area contributed by atoms with E-state index in [2.05, 4.69) is 43.3 Å². The van der Waals surface area contributed by atoms with Crippen molar-refractivity contribution in [3.63, 3.8) is 0 Å². The van der Waals surface area contributed by atoms with Gasteiger partial charge in [0, 0.05) is 12.7 Å². The van der Waals surface area contributed by atoms with Gasteiger partial charge in [-0.2, -0.15) is 5.10 Å². The molecule has 0 saturated heterocycles. The molecule has 106 valence electrons. The molecule has 0 aliphatic rings. The number of hydrogen-bond donors (Lipinski definition) is 2. The minimum atomic E-state index is 0.362. The Balaban J connectivity index is 2.54. The van der Waals surface area contributed by atoms with Crippen LogP contribution in [0.15, 0.2) is 12.1 Å². The van der Waals surface area contributed by atoms with Gasteiger partial charge in [0.25, 0.3) is 0 Å². The van der Waals surface area contributed by atoms with Crippen LogP contribution in [0.1, 0.15) is 27.9 Å². The topological polar surface area (TPSA) is 55.9 Å². The molecule has 0 radical (unpaired) electrons. The highest BCUT2D eigenvalue weighted by atomic mass is 32.1. The third-order valence-electron chi connectivity index (χ3n) is 3.39. The molecule has 0 saturated carbocycles. The number of rotatable bonds is 3. The second-order valence-corrected chi connectivity index (χ2v) is 5.64. The minimum absolute atomic E-state index is 0.362. The lowest BCUT2D eigenvalue weighted by Gasteiger charge is -2.15. The van der Waals surface area contributed by atoms with Crippen molar-refractivity contribution >= 4 is 28.7 Å². The molecule has 1 aromatic carbocycles. The third kappa shape index (κ3) is 2.54. The average Bonchev–Trinajstić information content (AvgIpc) is 2.58. The Bertz CT molecular complexity index is 662. The fourth-order valence-corrected chi connectivity index (χ4v) is 2.84. The number of nitrogens with two attached hydrogens (primary N) is 1. The fourth-order valence-electron chi connectivity index (χ4n) is 2.59. The van der Waals surface area contributed by atoms with Crippen molar-refractivity contribution in [2.45, 2.75) is 27.7 Å². The minimum Gasteiger partial charge on any atom is -0.389 e. The van der Waals surface area contributed by atoms with Gasteiger partial charge in [0.15, 0.2) is 0 Å². The molecular formula is C15H20N4S. The van der Waals surface area contributed by atoms with E-state index < -0.39 is 0 Å². The molecule has 0 bridgehead atoms. The van der Waals surface area contributed by atoms with E-state index >= 15 is 0 Å². The Morgan fingerprint density at radius 3 is 2.25 bits per heavy atom. The smallest absolute Gasteiger partial charge is 0.138 e. The first kappa shape index (κ1) is 14.5. The van der Waals surface area contributed by atoms with Crippen molar-refractivity contribution in [2.24, 2.45) is 12.8 Å². The Kier molecular flexibility index (Phi) is 3.81. The first-order valence-electron chi connectivity index (χ1n) is 6.49. The summed E-state index contributed by atoms with van der Waals surface area (Å²) in [6.45, 7) is 8.19. The summed E-state index contributed by atoms with van der Waals surface area (Å²) in [5.74, 6) is 0.838. The zero-order chi connectivity index (χ0) is 15.0. The second-order valence-electron chi connectivity index (χ2n) is 5.20. The second kappa shape index (κ2) is 5.25. The summed E-state index contributed by atoms with van der Waals surface area (Å²) in [7, 11) is 1.88. The highest BCUT2D eigenvalue weighted by Gasteiger charge is 2.17. The number of hydrogen-bond acceptors (Lipinski definition) is 3. The number of thiocarbonyl (C=S) groups is 1. The number of aryl methyl sites for hydroxylation is 5. The fraction of sp³-hybridized carbons (Fsp3) is 0.333. The monoisotopic (exact) mass is 288 g/mol. The summed E-state index contributed by atoms with van der Waals surface area (Å²) in [4.78, 5) is 0.362. The van der Waals surface area contributed by atoms with Crippen molar-refractivity contribution in [3.8, 4) is 0 Å². The molecule has 3 N–H and O–H groups in total. The Hall–Kier alpha value is -1.88. The van der Waals surface area contributed by atoms with Gasteiger partial charge in [-0.05, 0) is 38.8 Å². The first-order valence-corrected chi connectivity index (χ1v) is 6.90. The van der Waals surface area contributed by atoms with E-state index in [0.29, 0.717) is 4.99 Å². The van der Waals surface area contributed by atoms with Crippen LogP contribution in [0.5, 0.6) is 0 Å². The molecule has 0 unspecified atom stereocenters. The average molecular weight is 288 g/mol. The molecule has 20 heavy (non-hydrogen) atoms. The van der Waals surface area contributed by atoms with Crippen LogP contribution in [0, 0.1) is 27.7 Å². The molecule has 5 heteroatoms. The largest absolute Gasteiger partial charge is 0.389 e. The molecule has 0 atom stereocenters. The van der Waals surface area contributed by atoms with E-state index in [1.165, 1.54) is 16.7 Å². The number of aromatic nitrogens is 2. The lowest BCUT2D eigenvalue weighted by molar-refractivity contribution is 0.764. The van der Waals surface area contributed by atoms with Crippen LogP contribution in [0.3, 0.4) is 0 Å². The van der Waals surface area contributed by atoms with Gasteiger partial charge in [-0.3, -0.25) is 4.68 Å². The van der Waals surface area contributed by atoms with Gasteiger partial charge in [-0.1, -0.05) is 29.9 Å². The maximum Gasteiger partial charge on any atom is 0.138 e. The number of benzene rings is 1. The van der Waals surface area contributed by atoms with E-state index in [0.717, 1.165) is 22.8 Å². The van der Waals surface area contributed by atoms with Crippen molar-refractivity contribution in [3.05, 3.63) is 40.1 Å². The van der Waals surface area contributed by atoms with Crippen LogP contribution < -0.4 is 11.1 Å². The van der Waals surface area contributed by atoms with Crippen molar-refractivity contribution < 1.29 is 0 Å². The molecule has 0 aliphatic carbocycles. The van der Waals surface area contributed by atoms with E-state index in [-0.39, 0.29) is 0 Å². The summed E-state index contributed by atoms with van der Waals surface area (Å²) in [5.41, 5.74) is 12.2. The van der Waals surface area contributed by atoms with E-state index in [1.54, 1.807) is 4.68 Å². The number of nitrogens with one attached hydrogen (secondary N) is 1. The van der Waals surface area contributed by atoms with E-state index in [9.17, 15) is 0 Å². The van der Waals surface area contributed by atoms with Crippen LogP contribution in [0.2, 0.25) is 0 Å². The molecule has 0 aliphatic heterocycles. The third-order valence-corrected chi connectivity index (χ3v) is 3.59. The van der Waals surface area contributed by atoms with Crippen molar-refractivity contribution in [1.29, 1.82) is 0 Å². The predicted octanol–water partition coefficient (Wildman–Crippen LogP) is 3.03. The molecule has 0 fully saturated rings. The Morgan fingerprint density at radius 1 is 1.20 bits per heavy atom. The van der Waals surface area contributed by atoms with Crippen LogP contribution in [-0.4, -0.2) is 14.8 Å². The van der Waals surface area contributed by atoms with Gasteiger partial charge in [0.2, 0.25) is 0 Å². The molecule has 0 amide bonds. The summed E-state index contributed by atoms with van der Waals surface area (Å²) in [6.07, 6.45) is 0. The number of nitrogens with zero attached hydrogens (tertiary/aromatic N) is 2. The lowest BCUT2D eigenvalue weighted by atomic mass is 10.0. The van der Waals surface area contributed by atoms with Gasteiger partial charge in [-0.25, -0.2) is 0 Å². The number of anilines is 2. The molecule has 2 aromatic rings. The quantitative estimate of drug-likeness (QED) is 0.852. The first-order chi connectivity index (χ1) is 9.31. The van der Waals surface area contributed by atoms with Gasteiger partial charge >= 0.3 is 0 Å². The van der Waals surface area contributed by atoms with Crippen molar-refractivity contribution in [2.75, 3.05) is 5.32 Å². The zero-order valence-corrected chi connectivity index (χ0v) is 13.4. The normalized spacial score (nSPS) is 10.7. The standard InChI is InChI=1S/C15H20N4S/c1-8-6-9(2)13(10(3)7-8)17-15-12(14(16)20)11(4)18-19(15)5/h6-7,17H,1-5H3,(H2,16,20). The summed E-state index contributed by atoms with van der Waals surface area (Å²) in [5, 5.41) is 7.83. The van der Waals surface area contributed by atoms with Gasteiger partial charge in [0.1, 0.15) is 10.8 Å². The van der Waals surface area contributed by atoms with Crippen LogP contribution >= 0.6 is 12.2 Å². The Morgan fingerprint density at radius 2 is 1.75 bits per heavy atom. The summed E-state index contributed by atoms with van der Waals surface area (Å²) in [6, 6.07) is 4.30. The van der Waals surface area contributed by atoms with E-state index in [4.69, 9.17) is 18.0 Å². The SMILES string of the molecule is Cc1cc(C)c(Nc2c(C(N)=S)c(C)nn2C)c(C)c1. The van der Waals surface area contributed by atoms with Gasteiger partial charge in [0.05, 0.1) is 11.3 Å². The molecular weight excluding hydrogens is 268 g/mol. The van der Waals surface area contributed by atoms with Crippen LogP contribution in [0.4, 0.5) is 11.5 Å². The van der Waals surface area contributed by atoms with Gasteiger partial charge in [-0.15, -0.1) is 0 Å². The lowest BCUT2D eigenvalue weighted by Crippen LogP contribution is -2.13. The maximum absolute atomic E-state index is 5.82.